The molecule has 18 heavy (non-hydrogen) atoms. The monoisotopic (exact) mass is 268 g/mol. The molecule has 0 spiro atoms. The van der Waals surface area contributed by atoms with Gasteiger partial charge in [0.05, 0.1) is 0 Å². The number of aryl methyl sites for hydroxylation is 2. The van der Waals surface area contributed by atoms with Crippen LogP contribution in [-0.2, 0) is 9.59 Å². The van der Waals surface area contributed by atoms with Gasteiger partial charge in [0.15, 0.2) is 0 Å². The predicted molar refractivity (Wildman–Crippen MR) is 72.9 cm³/mol. The molecule has 1 aromatic carbocycles. The van der Waals surface area contributed by atoms with Gasteiger partial charge < -0.3 is 10.6 Å². The maximum absolute atomic E-state index is 11.6. The molecular formula is C13H17ClN2O2. The molecule has 0 aliphatic rings. The number of hydrogen-bond acceptors (Lipinski definition) is 2. The molecule has 0 atom stereocenters. The van der Waals surface area contributed by atoms with Crippen molar-refractivity contribution in [2.75, 3.05) is 17.7 Å². The highest BCUT2D eigenvalue weighted by Crippen LogP contribution is 2.13. The first-order valence-electron chi connectivity index (χ1n) is 5.76. The van der Waals surface area contributed by atoms with Crippen LogP contribution in [0.5, 0.6) is 0 Å². The summed E-state index contributed by atoms with van der Waals surface area (Å²) in [6.45, 7) is 4.27. The van der Waals surface area contributed by atoms with Gasteiger partial charge in [-0.05, 0) is 43.5 Å². The van der Waals surface area contributed by atoms with Crippen molar-refractivity contribution in [2.24, 2.45) is 0 Å². The van der Waals surface area contributed by atoms with Crippen LogP contribution in [0.4, 0.5) is 5.69 Å². The third-order valence-corrected chi connectivity index (χ3v) is 2.55. The van der Waals surface area contributed by atoms with Crippen LogP contribution < -0.4 is 10.6 Å². The van der Waals surface area contributed by atoms with Gasteiger partial charge in [-0.15, -0.1) is 11.6 Å². The minimum Gasteiger partial charge on any atom is -0.348 e. The highest BCUT2D eigenvalue weighted by molar-refractivity contribution is 6.39. The van der Waals surface area contributed by atoms with Crippen molar-refractivity contribution in [3.05, 3.63) is 29.3 Å². The fourth-order valence-electron chi connectivity index (χ4n) is 1.58. The van der Waals surface area contributed by atoms with Gasteiger partial charge >= 0.3 is 11.8 Å². The lowest BCUT2D eigenvalue weighted by Crippen LogP contribution is -2.36. The van der Waals surface area contributed by atoms with E-state index in [-0.39, 0.29) is 0 Å². The molecule has 0 radical (unpaired) electrons. The summed E-state index contributed by atoms with van der Waals surface area (Å²) in [4.78, 5) is 23.0. The molecule has 0 unspecified atom stereocenters. The first-order valence-corrected chi connectivity index (χ1v) is 6.30. The van der Waals surface area contributed by atoms with E-state index in [1.54, 1.807) is 0 Å². The molecule has 0 heterocycles. The third-order valence-electron chi connectivity index (χ3n) is 2.28. The SMILES string of the molecule is Cc1cc(C)cc(NC(=O)C(=O)NCCCCl)c1. The number of hydrogen-bond donors (Lipinski definition) is 2. The van der Waals surface area contributed by atoms with Gasteiger partial charge in [0, 0.05) is 18.1 Å². The van der Waals surface area contributed by atoms with Crippen molar-refractivity contribution in [3.8, 4) is 0 Å². The van der Waals surface area contributed by atoms with E-state index in [4.69, 9.17) is 11.6 Å². The van der Waals surface area contributed by atoms with Crippen molar-refractivity contribution in [3.63, 3.8) is 0 Å². The summed E-state index contributed by atoms with van der Waals surface area (Å²) in [5, 5.41) is 5.06. The summed E-state index contributed by atoms with van der Waals surface area (Å²) in [5.41, 5.74) is 2.70. The Morgan fingerprint density at radius 1 is 1.11 bits per heavy atom. The average Bonchev–Trinajstić information content (AvgIpc) is 2.27. The summed E-state index contributed by atoms with van der Waals surface area (Å²) in [6.07, 6.45) is 0.643. The first kappa shape index (κ1) is 14.5. The zero-order chi connectivity index (χ0) is 13.5. The largest absolute Gasteiger partial charge is 0.348 e. The summed E-state index contributed by atoms with van der Waals surface area (Å²) in [5.74, 6) is -0.840. The molecule has 0 aliphatic carbocycles. The van der Waals surface area contributed by atoms with Crippen molar-refractivity contribution in [2.45, 2.75) is 20.3 Å². The van der Waals surface area contributed by atoms with E-state index in [9.17, 15) is 9.59 Å². The van der Waals surface area contributed by atoms with Crippen LogP contribution in [0, 0.1) is 13.8 Å². The van der Waals surface area contributed by atoms with Gasteiger partial charge in [-0.3, -0.25) is 9.59 Å². The highest BCUT2D eigenvalue weighted by atomic mass is 35.5. The second-order valence-corrected chi connectivity index (χ2v) is 4.51. The number of amides is 2. The van der Waals surface area contributed by atoms with Gasteiger partial charge in [0.1, 0.15) is 0 Å². The van der Waals surface area contributed by atoms with E-state index in [1.807, 2.05) is 32.0 Å². The van der Waals surface area contributed by atoms with Gasteiger partial charge in [0.2, 0.25) is 0 Å². The summed E-state index contributed by atoms with van der Waals surface area (Å²) in [6, 6.07) is 5.63. The Balaban J connectivity index is 2.55. The summed E-state index contributed by atoms with van der Waals surface area (Å²) >= 11 is 5.48. The average molecular weight is 269 g/mol. The summed E-state index contributed by atoms with van der Waals surface area (Å²) < 4.78 is 0. The number of carbonyl (C=O) groups is 2. The van der Waals surface area contributed by atoms with Gasteiger partial charge in [-0.25, -0.2) is 0 Å². The van der Waals surface area contributed by atoms with E-state index in [0.29, 0.717) is 24.5 Å². The second-order valence-electron chi connectivity index (χ2n) is 4.13. The fourth-order valence-corrected chi connectivity index (χ4v) is 1.72. The standard InChI is InChI=1S/C13H17ClN2O2/c1-9-6-10(2)8-11(7-9)16-13(18)12(17)15-5-3-4-14/h6-8H,3-5H2,1-2H3,(H,15,17)(H,16,18). The molecule has 0 fully saturated rings. The Morgan fingerprint density at radius 3 is 2.28 bits per heavy atom. The number of rotatable bonds is 4. The predicted octanol–water partition coefficient (Wildman–Crippen LogP) is 1.99. The minimum atomic E-state index is -0.658. The van der Waals surface area contributed by atoms with Crippen molar-refractivity contribution in [1.82, 2.24) is 5.32 Å². The minimum absolute atomic E-state index is 0.405. The maximum Gasteiger partial charge on any atom is 0.313 e. The topological polar surface area (TPSA) is 58.2 Å². The maximum atomic E-state index is 11.6. The van der Waals surface area contributed by atoms with Crippen LogP contribution >= 0.6 is 11.6 Å². The Labute approximate surface area is 112 Å². The van der Waals surface area contributed by atoms with Crippen molar-refractivity contribution >= 4 is 29.1 Å². The Kier molecular flexibility index (Phi) is 5.65. The molecule has 0 saturated heterocycles. The van der Waals surface area contributed by atoms with Gasteiger partial charge in [0.25, 0.3) is 0 Å². The Hall–Kier alpha value is -1.55. The number of halogens is 1. The van der Waals surface area contributed by atoms with Crippen molar-refractivity contribution in [1.29, 1.82) is 0 Å². The van der Waals surface area contributed by atoms with Gasteiger partial charge in [-0.1, -0.05) is 6.07 Å². The molecule has 1 aromatic rings. The number of anilines is 1. The lowest BCUT2D eigenvalue weighted by atomic mass is 10.1. The lowest BCUT2D eigenvalue weighted by Gasteiger charge is -2.07. The van der Waals surface area contributed by atoms with Crippen LogP contribution in [0.25, 0.3) is 0 Å². The van der Waals surface area contributed by atoms with Crippen LogP contribution in [0.3, 0.4) is 0 Å². The fraction of sp³-hybridized carbons (Fsp3) is 0.385. The number of nitrogens with one attached hydrogen (secondary N) is 2. The van der Waals surface area contributed by atoms with Crippen LogP contribution in [0.1, 0.15) is 17.5 Å². The molecule has 0 aliphatic heterocycles. The van der Waals surface area contributed by atoms with E-state index in [1.165, 1.54) is 0 Å². The van der Waals surface area contributed by atoms with Gasteiger partial charge in [-0.2, -0.15) is 0 Å². The van der Waals surface area contributed by atoms with Crippen LogP contribution in [0.15, 0.2) is 18.2 Å². The molecule has 0 aromatic heterocycles. The number of carbonyl (C=O) groups excluding carboxylic acids is 2. The van der Waals surface area contributed by atoms with E-state index >= 15 is 0 Å². The molecule has 4 nitrogen and oxygen atoms in total. The normalized spacial score (nSPS) is 9.94. The molecule has 1 rings (SSSR count). The smallest absolute Gasteiger partial charge is 0.313 e. The third kappa shape index (κ3) is 4.75. The zero-order valence-electron chi connectivity index (χ0n) is 10.5. The second kappa shape index (κ2) is 7.01. The number of alkyl halides is 1. The Bertz CT molecular complexity index is 426. The molecular weight excluding hydrogens is 252 g/mol. The number of benzene rings is 1. The van der Waals surface area contributed by atoms with E-state index in [2.05, 4.69) is 10.6 Å². The lowest BCUT2D eigenvalue weighted by molar-refractivity contribution is -0.136. The summed E-state index contributed by atoms with van der Waals surface area (Å²) in [7, 11) is 0. The molecule has 98 valence electrons. The van der Waals surface area contributed by atoms with E-state index < -0.39 is 11.8 Å². The highest BCUT2D eigenvalue weighted by Gasteiger charge is 2.12. The van der Waals surface area contributed by atoms with Crippen molar-refractivity contribution < 1.29 is 9.59 Å². The molecule has 0 saturated carbocycles. The first-order chi connectivity index (χ1) is 8.52. The van der Waals surface area contributed by atoms with Crippen LogP contribution in [-0.4, -0.2) is 24.2 Å². The molecule has 2 amide bonds. The van der Waals surface area contributed by atoms with Crippen LogP contribution in [0.2, 0.25) is 0 Å². The Morgan fingerprint density at radius 2 is 1.72 bits per heavy atom. The molecule has 0 bridgehead atoms. The molecule has 5 heteroatoms. The molecule has 2 N–H and O–H groups in total. The van der Waals surface area contributed by atoms with E-state index in [0.717, 1.165) is 11.1 Å². The zero-order valence-corrected chi connectivity index (χ0v) is 11.3. The quantitative estimate of drug-likeness (QED) is 0.498.